The standard InChI is InChI=1S/C28H34N8O/c37-28(29-14-17-36-15-8-3-9-16-36)31-19-24-34-26(25-27(35-24)33-20-32-25)30-18-23(21-10-4-1-5-11-21)22-12-6-2-7-13-22/h1-2,4-7,10-13,20,23H,3,8-9,14-19H2,(H2,29,31,37)(H2,30,32,33,34,35)/p+1. The number of piperidine rings is 1. The Balaban J connectivity index is 1.23. The zero-order valence-electron chi connectivity index (χ0n) is 21.0. The molecule has 1 aliphatic heterocycles. The third kappa shape index (κ3) is 6.62. The van der Waals surface area contributed by atoms with Gasteiger partial charge in [-0.1, -0.05) is 72.1 Å². The fraction of sp³-hybridized carbons (Fsp3) is 0.357. The molecule has 0 unspecified atom stereocenters. The first-order valence-corrected chi connectivity index (χ1v) is 13.1. The van der Waals surface area contributed by atoms with Crippen LogP contribution in [0.25, 0.3) is 11.2 Å². The number of rotatable bonds is 10. The van der Waals surface area contributed by atoms with Crippen LogP contribution in [-0.2, 0) is 6.54 Å². The van der Waals surface area contributed by atoms with Crippen LogP contribution < -0.4 is 20.9 Å². The molecule has 1 saturated heterocycles. The predicted molar refractivity (Wildman–Crippen MR) is 144 cm³/mol. The maximum absolute atomic E-state index is 12.4. The van der Waals surface area contributed by atoms with Gasteiger partial charge in [0.25, 0.3) is 0 Å². The number of nitrogens with zero attached hydrogens (tertiary/aromatic N) is 3. The fourth-order valence-electron chi connectivity index (χ4n) is 4.86. The number of nitrogens with one attached hydrogen (secondary N) is 5. The van der Waals surface area contributed by atoms with E-state index in [0.29, 0.717) is 30.4 Å². The molecule has 0 aliphatic carbocycles. The third-order valence-corrected chi connectivity index (χ3v) is 6.83. The van der Waals surface area contributed by atoms with Crippen LogP contribution in [0.4, 0.5) is 10.6 Å². The average molecular weight is 500 g/mol. The number of hydrogen-bond donors (Lipinski definition) is 4. The average Bonchev–Trinajstić information content (AvgIpc) is 3.43. The van der Waals surface area contributed by atoms with E-state index in [2.05, 4.69) is 84.3 Å². The van der Waals surface area contributed by atoms with Crippen LogP contribution in [0.15, 0.2) is 67.0 Å². The lowest BCUT2D eigenvalue weighted by molar-refractivity contribution is -0.347. The Kier molecular flexibility index (Phi) is 8.22. The molecule has 0 radical (unpaired) electrons. The Bertz CT molecular complexity index is 1230. The Hall–Kier alpha value is -3.98. The zero-order valence-corrected chi connectivity index (χ0v) is 21.0. The molecule has 4 aromatic rings. The molecule has 0 saturated carbocycles. The van der Waals surface area contributed by atoms with Crippen LogP contribution in [0, 0.1) is 0 Å². The fourth-order valence-corrected chi connectivity index (χ4v) is 4.86. The van der Waals surface area contributed by atoms with Crippen molar-refractivity contribution in [3.05, 3.63) is 83.9 Å². The van der Waals surface area contributed by atoms with E-state index in [4.69, 9.17) is 4.98 Å². The number of benzene rings is 2. The second-order valence-corrected chi connectivity index (χ2v) is 9.41. The van der Waals surface area contributed by atoms with Crippen molar-refractivity contribution >= 4 is 23.0 Å². The van der Waals surface area contributed by atoms with E-state index in [0.717, 1.165) is 25.2 Å². The monoisotopic (exact) mass is 499 g/mol. The van der Waals surface area contributed by atoms with Crippen LogP contribution in [0.1, 0.15) is 42.1 Å². The maximum Gasteiger partial charge on any atom is 0.315 e. The SMILES string of the molecule is O=C(NCCN1CCCCC1)NCc1nc(NCC(c2ccccc2)c2ccccc2)c2[nH]c[nH+]c2n1. The van der Waals surface area contributed by atoms with E-state index >= 15 is 0 Å². The summed E-state index contributed by atoms with van der Waals surface area (Å²) in [6, 6.07) is 20.7. The summed E-state index contributed by atoms with van der Waals surface area (Å²) in [5, 5.41) is 9.37. The van der Waals surface area contributed by atoms with Crippen molar-refractivity contribution < 1.29 is 9.78 Å². The quantitative estimate of drug-likeness (QED) is 0.268. The van der Waals surface area contributed by atoms with Gasteiger partial charge in [-0.15, -0.1) is 0 Å². The number of urea groups is 1. The molecule has 3 heterocycles. The molecule has 0 bridgehead atoms. The smallest absolute Gasteiger partial charge is 0.315 e. The van der Waals surface area contributed by atoms with Crippen molar-refractivity contribution in [2.45, 2.75) is 31.7 Å². The minimum Gasteiger partial charge on any atom is -0.366 e. The van der Waals surface area contributed by atoms with Gasteiger partial charge in [0.2, 0.25) is 11.3 Å². The number of carbonyl (C=O) groups excluding carboxylic acids is 1. The zero-order chi connectivity index (χ0) is 25.3. The summed E-state index contributed by atoms with van der Waals surface area (Å²) in [7, 11) is 0. The molecule has 9 nitrogen and oxygen atoms in total. The second kappa shape index (κ2) is 12.3. The second-order valence-electron chi connectivity index (χ2n) is 9.41. The number of amides is 2. The van der Waals surface area contributed by atoms with Gasteiger partial charge in [-0.05, 0) is 37.1 Å². The van der Waals surface area contributed by atoms with Gasteiger partial charge in [0, 0.05) is 25.6 Å². The van der Waals surface area contributed by atoms with Gasteiger partial charge in [0.1, 0.15) is 0 Å². The first-order chi connectivity index (χ1) is 18.3. The highest BCUT2D eigenvalue weighted by Crippen LogP contribution is 2.26. The minimum atomic E-state index is -0.207. The molecule has 37 heavy (non-hydrogen) atoms. The van der Waals surface area contributed by atoms with Crippen molar-refractivity contribution in [3.8, 4) is 0 Å². The largest absolute Gasteiger partial charge is 0.366 e. The van der Waals surface area contributed by atoms with Gasteiger partial charge in [-0.25, -0.2) is 9.78 Å². The summed E-state index contributed by atoms with van der Waals surface area (Å²) in [4.78, 5) is 30.4. The Morgan fingerprint density at radius 1 is 0.946 bits per heavy atom. The number of aromatic nitrogens is 4. The van der Waals surface area contributed by atoms with Gasteiger partial charge in [0.15, 0.2) is 12.1 Å². The van der Waals surface area contributed by atoms with Gasteiger partial charge in [-0.2, -0.15) is 4.98 Å². The van der Waals surface area contributed by atoms with Gasteiger partial charge in [-0.3, -0.25) is 4.98 Å². The van der Waals surface area contributed by atoms with Crippen LogP contribution in [0.5, 0.6) is 0 Å². The third-order valence-electron chi connectivity index (χ3n) is 6.83. The Morgan fingerprint density at radius 2 is 1.65 bits per heavy atom. The van der Waals surface area contributed by atoms with Crippen LogP contribution in [-0.4, -0.2) is 58.6 Å². The molecule has 192 valence electrons. The molecule has 2 aromatic carbocycles. The number of H-pyrrole nitrogens is 2. The molecule has 5 N–H and O–H groups in total. The first kappa shape index (κ1) is 24.7. The molecular formula is C28H35N8O+. The van der Waals surface area contributed by atoms with Crippen LogP contribution >= 0.6 is 0 Å². The summed E-state index contributed by atoms with van der Waals surface area (Å²) in [6.45, 7) is 4.64. The first-order valence-electron chi connectivity index (χ1n) is 13.1. The molecule has 5 rings (SSSR count). The van der Waals surface area contributed by atoms with Crippen molar-refractivity contribution in [1.29, 1.82) is 0 Å². The van der Waals surface area contributed by atoms with E-state index in [-0.39, 0.29) is 18.5 Å². The highest BCUT2D eigenvalue weighted by atomic mass is 16.2. The maximum atomic E-state index is 12.4. The summed E-state index contributed by atoms with van der Waals surface area (Å²) in [6.07, 6.45) is 5.54. The van der Waals surface area contributed by atoms with Crippen molar-refractivity contribution in [3.63, 3.8) is 0 Å². The van der Waals surface area contributed by atoms with Gasteiger partial charge >= 0.3 is 11.7 Å². The number of anilines is 1. The lowest BCUT2D eigenvalue weighted by atomic mass is 9.91. The lowest BCUT2D eigenvalue weighted by Gasteiger charge is -2.26. The molecule has 1 aliphatic rings. The van der Waals surface area contributed by atoms with E-state index in [1.54, 1.807) is 6.33 Å². The summed E-state index contributed by atoms with van der Waals surface area (Å²) in [5.74, 6) is 1.39. The van der Waals surface area contributed by atoms with E-state index in [1.165, 1.54) is 30.4 Å². The number of hydrogen-bond acceptors (Lipinski definition) is 5. The molecule has 9 heteroatoms. The summed E-state index contributed by atoms with van der Waals surface area (Å²) in [5.41, 5.74) is 3.95. The molecular weight excluding hydrogens is 464 g/mol. The van der Waals surface area contributed by atoms with Crippen molar-refractivity contribution in [2.24, 2.45) is 0 Å². The number of imidazole rings is 1. The molecule has 2 aromatic heterocycles. The highest BCUT2D eigenvalue weighted by Gasteiger charge is 2.19. The van der Waals surface area contributed by atoms with E-state index in [1.807, 2.05) is 12.1 Å². The molecule has 1 fully saturated rings. The Morgan fingerprint density at radius 3 is 2.35 bits per heavy atom. The minimum absolute atomic E-state index is 0.151. The number of carbonyl (C=O) groups is 1. The topological polar surface area (TPSA) is 112 Å². The van der Waals surface area contributed by atoms with Gasteiger partial charge in [0.05, 0.1) is 6.54 Å². The summed E-state index contributed by atoms with van der Waals surface area (Å²) < 4.78 is 0. The highest BCUT2D eigenvalue weighted by molar-refractivity contribution is 5.80. The number of likely N-dealkylation sites (tertiary alicyclic amines) is 1. The molecule has 0 spiro atoms. The van der Waals surface area contributed by atoms with Crippen LogP contribution in [0.3, 0.4) is 0 Å². The van der Waals surface area contributed by atoms with E-state index in [9.17, 15) is 4.79 Å². The molecule has 2 amide bonds. The van der Waals surface area contributed by atoms with Crippen molar-refractivity contribution in [2.75, 3.05) is 38.0 Å². The van der Waals surface area contributed by atoms with Gasteiger partial charge < -0.3 is 20.9 Å². The summed E-state index contributed by atoms with van der Waals surface area (Å²) >= 11 is 0. The molecule has 0 atom stereocenters. The number of fused-ring (bicyclic) bond motifs is 1. The Labute approximate surface area is 217 Å². The van der Waals surface area contributed by atoms with E-state index < -0.39 is 0 Å². The lowest BCUT2D eigenvalue weighted by Crippen LogP contribution is -2.41. The predicted octanol–water partition coefficient (Wildman–Crippen LogP) is 3.30. The van der Waals surface area contributed by atoms with Crippen LogP contribution in [0.2, 0.25) is 0 Å². The normalized spacial score (nSPS) is 14.1. The number of aromatic amines is 2. The van der Waals surface area contributed by atoms with Crippen molar-refractivity contribution in [1.82, 2.24) is 30.5 Å².